The quantitative estimate of drug-likeness (QED) is 0.758. The Morgan fingerprint density at radius 1 is 1.32 bits per heavy atom. The summed E-state index contributed by atoms with van der Waals surface area (Å²) in [7, 11) is -4.08. The molecule has 2 rings (SSSR count). The predicted molar refractivity (Wildman–Crippen MR) is 94.0 cm³/mol. The molecule has 0 aliphatic carbocycles. The highest BCUT2D eigenvalue weighted by atomic mass is 32.2. The topological polar surface area (TPSA) is 78.5 Å². The number of halogens is 1. The normalized spacial score (nSPS) is 17.5. The number of sulfonamides is 1. The number of nitrogens with one attached hydrogen (secondary N) is 2. The van der Waals surface area contributed by atoms with Crippen LogP contribution in [0.1, 0.15) is 26.7 Å². The summed E-state index contributed by atoms with van der Waals surface area (Å²) < 4.78 is 40.6. The summed E-state index contributed by atoms with van der Waals surface area (Å²) in [5.74, 6) is -0.574. The average molecular weight is 371 g/mol. The van der Waals surface area contributed by atoms with Gasteiger partial charge in [0.05, 0.1) is 6.04 Å². The highest BCUT2D eigenvalue weighted by Crippen LogP contribution is 2.18. The van der Waals surface area contributed by atoms with Crippen molar-refractivity contribution in [1.82, 2.24) is 14.9 Å². The lowest BCUT2D eigenvalue weighted by Gasteiger charge is -2.33. The molecule has 0 aromatic heterocycles. The lowest BCUT2D eigenvalue weighted by atomic mass is 9.96. The fraction of sp³-hybridized carbons (Fsp3) is 0.588. The molecule has 1 saturated heterocycles. The van der Waals surface area contributed by atoms with Crippen molar-refractivity contribution in [1.29, 1.82) is 0 Å². The molecule has 25 heavy (non-hydrogen) atoms. The van der Waals surface area contributed by atoms with Gasteiger partial charge < -0.3 is 10.2 Å². The van der Waals surface area contributed by atoms with Crippen LogP contribution in [0.4, 0.5) is 4.39 Å². The zero-order chi connectivity index (χ0) is 18.4. The number of benzene rings is 1. The molecule has 1 amide bonds. The monoisotopic (exact) mass is 371 g/mol. The van der Waals surface area contributed by atoms with Gasteiger partial charge in [0, 0.05) is 13.1 Å². The Labute approximate surface area is 148 Å². The smallest absolute Gasteiger partial charge is 0.244 e. The standard InChI is InChI=1S/C17H26FN3O3S/c1-3-19-12-14-8-10-21(11-9-14)17(22)13(2)20-25(23,24)16-7-5-4-6-15(16)18/h4-7,13-14,19-20H,3,8-12H2,1-2H3. The molecule has 6 nitrogen and oxygen atoms in total. The molecule has 1 aromatic carbocycles. The minimum atomic E-state index is -4.08. The van der Waals surface area contributed by atoms with E-state index >= 15 is 0 Å². The van der Waals surface area contributed by atoms with Crippen LogP contribution in [0.2, 0.25) is 0 Å². The zero-order valence-corrected chi connectivity index (χ0v) is 15.5. The Hall–Kier alpha value is -1.51. The van der Waals surface area contributed by atoms with E-state index in [4.69, 9.17) is 0 Å². The first-order valence-electron chi connectivity index (χ1n) is 8.61. The number of carbonyl (C=O) groups is 1. The SMILES string of the molecule is CCNCC1CCN(C(=O)C(C)NS(=O)(=O)c2ccccc2F)CC1. The first-order chi connectivity index (χ1) is 11.8. The molecule has 0 saturated carbocycles. The first kappa shape index (κ1) is 19.8. The fourth-order valence-electron chi connectivity index (χ4n) is 2.99. The Bertz CT molecular complexity index is 688. The van der Waals surface area contributed by atoms with Gasteiger partial charge in [0.25, 0.3) is 0 Å². The van der Waals surface area contributed by atoms with Crippen molar-refractivity contribution < 1.29 is 17.6 Å². The Balaban J connectivity index is 1.94. The summed E-state index contributed by atoms with van der Waals surface area (Å²) >= 11 is 0. The van der Waals surface area contributed by atoms with Crippen molar-refractivity contribution in [3.05, 3.63) is 30.1 Å². The third-order valence-corrected chi connectivity index (χ3v) is 6.01. The van der Waals surface area contributed by atoms with Crippen molar-refractivity contribution in [3.8, 4) is 0 Å². The minimum absolute atomic E-state index is 0.276. The predicted octanol–water partition coefficient (Wildman–Crippen LogP) is 1.34. The van der Waals surface area contributed by atoms with Gasteiger partial charge in [-0.05, 0) is 50.9 Å². The Morgan fingerprint density at radius 3 is 2.56 bits per heavy atom. The molecule has 1 heterocycles. The second-order valence-corrected chi connectivity index (χ2v) is 8.03. The number of amides is 1. The van der Waals surface area contributed by atoms with Gasteiger partial charge in [0.2, 0.25) is 15.9 Å². The maximum absolute atomic E-state index is 13.7. The van der Waals surface area contributed by atoms with E-state index in [0.717, 1.165) is 32.0 Å². The van der Waals surface area contributed by atoms with Gasteiger partial charge in [-0.3, -0.25) is 4.79 Å². The number of hydrogen-bond acceptors (Lipinski definition) is 4. The van der Waals surface area contributed by atoms with Crippen LogP contribution in [-0.2, 0) is 14.8 Å². The average Bonchev–Trinajstić information content (AvgIpc) is 2.59. The molecule has 1 atom stereocenters. The van der Waals surface area contributed by atoms with E-state index < -0.39 is 26.8 Å². The van der Waals surface area contributed by atoms with Crippen LogP contribution in [0.3, 0.4) is 0 Å². The molecule has 1 unspecified atom stereocenters. The maximum atomic E-state index is 13.7. The molecular formula is C17H26FN3O3S. The van der Waals surface area contributed by atoms with Gasteiger partial charge in [-0.1, -0.05) is 19.1 Å². The van der Waals surface area contributed by atoms with E-state index in [1.165, 1.54) is 25.1 Å². The third kappa shape index (κ3) is 5.23. The number of carbonyl (C=O) groups excluding carboxylic acids is 1. The van der Waals surface area contributed by atoms with Crippen molar-refractivity contribution >= 4 is 15.9 Å². The molecule has 0 radical (unpaired) electrons. The summed E-state index contributed by atoms with van der Waals surface area (Å²) in [6, 6.07) is 4.19. The highest BCUT2D eigenvalue weighted by molar-refractivity contribution is 7.89. The van der Waals surface area contributed by atoms with E-state index in [2.05, 4.69) is 17.0 Å². The lowest BCUT2D eigenvalue weighted by Crippen LogP contribution is -2.50. The van der Waals surface area contributed by atoms with Crippen molar-refractivity contribution in [2.24, 2.45) is 5.92 Å². The van der Waals surface area contributed by atoms with Gasteiger partial charge in [0.15, 0.2) is 0 Å². The second-order valence-electron chi connectivity index (χ2n) is 6.35. The van der Waals surface area contributed by atoms with E-state index in [1.807, 2.05) is 0 Å². The Kier molecular flexibility index (Phi) is 6.92. The molecule has 1 aliphatic heterocycles. The Morgan fingerprint density at radius 2 is 1.96 bits per heavy atom. The van der Waals surface area contributed by atoms with Crippen LogP contribution in [0, 0.1) is 11.7 Å². The molecular weight excluding hydrogens is 345 g/mol. The van der Waals surface area contributed by atoms with E-state index in [0.29, 0.717) is 19.0 Å². The maximum Gasteiger partial charge on any atom is 0.244 e. The van der Waals surface area contributed by atoms with Crippen LogP contribution in [-0.4, -0.2) is 51.4 Å². The van der Waals surface area contributed by atoms with Crippen LogP contribution in [0.15, 0.2) is 29.2 Å². The number of nitrogens with zero attached hydrogens (tertiary/aromatic N) is 1. The largest absolute Gasteiger partial charge is 0.341 e. The summed E-state index contributed by atoms with van der Waals surface area (Å²) in [5.41, 5.74) is 0. The first-order valence-corrected chi connectivity index (χ1v) is 10.1. The number of likely N-dealkylation sites (tertiary alicyclic amines) is 1. The highest BCUT2D eigenvalue weighted by Gasteiger charge is 2.29. The van der Waals surface area contributed by atoms with Crippen LogP contribution >= 0.6 is 0 Å². The fourth-order valence-corrected chi connectivity index (χ4v) is 4.26. The molecule has 8 heteroatoms. The van der Waals surface area contributed by atoms with Gasteiger partial charge >= 0.3 is 0 Å². The van der Waals surface area contributed by atoms with Gasteiger partial charge in [-0.15, -0.1) is 0 Å². The van der Waals surface area contributed by atoms with Crippen LogP contribution in [0.5, 0.6) is 0 Å². The number of piperidine rings is 1. The number of rotatable bonds is 7. The van der Waals surface area contributed by atoms with Crippen molar-refractivity contribution in [2.45, 2.75) is 37.6 Å². The van der Waals surface area contributed by atoms with Gasteiger partial charge in [-0.25, -0.2) is 12.8 Å². The van der Waals surface area contributed by atoms with E-state index in [-0.39, 0.29) is 5.91 Å². The third-order valence-electron chi connectivity index (χ3n) is 4.44. The van der Waals surface area contributed by atoms with Gasteiger partial charge in [-0.2, -0.15) is 4.72 Å². The molecule has 2 N–H and O–H groups in total. The van der Waals surface area contributed by atoms with Crippen molar-refractivity contribution in [2.75, 3.05) is 26.2 Å². The van der Waals surface area contributed by atoms with Crippen molar-refractivity contribution in [3.63, 3.8) is 0 Å². The zero-order valence-electron chi connectivity index (χ0n) is 14.7. The number of hydrogen-bond donors (Lipinski definition) is 2. The van der Waals surface area contributed by atoms with E-state index in [9.17, 15) is 17.6 Å². The van der Waals surface area contributed by atoms with Crippen LogP contribution in [0.25, 0.3) is 0 Å². The summed E-state index contributed by atoms with van der Waals surface area (Å²) in [6.07, 6.45) is 1.79. The molecule has 0 spiro atoms. The molecule has 1 aromatic rings. The molecule has 1 aliphatic rings. The second kappa shape index (κ2) is 8.73. The summed E-state index contributed by atoms with van der Waals surface area (Å²) in [6.45, 7) is 6.64. The van der Waals surface area contributed by atoms with Gasteiger partial charge in [0.1, 0.15) is 10.7 Å². The molecule has 1 fully saturated rings. The summed E-state index contributed by atoms with van der Waals surface area (Å²) in [5, 5.41) is 3.31. The minimum Gasteiger partial charge on any atom is -0.341 e. The summed E-state index contributed by atoms with van der Waals surface area (Å²) in [4.78, 5) is 13.7. The lowest BCUT2D eigenvalue weighted by molar-refractivity contribution is -0.133. The molecule has 0 bridgehead atoms. The molecule has 140 valence electrons. The van der Waals surface area contributed by atoms with E-state index in [1.54, 1.807) is 4.90 Å². The van der Waals surface area contributed by atoms with Crippen LogP contribution < -0.4 is 10.0 Å².